The van der Waals surface area contributed by atoms with Gasteiger partial charge in [-0.1, -0.05) is 24.6 Å². The van der Waals surface area contributed by atoms with E-state index in [0.29, 0.717) is 6.54 Å². The highest BCUT2D eigenvalue weighted by Gasteiger charge is 2.45. The number of para-hydroxylation sites is 1. The van der Waals surface area contributed by atoms with Gasteiger partial charge in [0.2, 0.25) is 5.91 Å². The summed E-state index contributed by atoms with van der Waals surface area (Å²) < 4.78 is 5.87. The molecular weight excluding hydrogens is 264 g/mol. The molecule has 4 nitrogen and oxygen atoms in total. The number of amides is 1. The van der Waals surface area contributed by atoms with Crippen LogP contribution in [0.25, 0.3) is 11.0 Å². The molecule has 1 aromatic heterocycles. The molecule has 3 rings (SSSR count). The lowest BCUT2D eigenvalue weighted by Crippen LogP contribution is -2.51. The first-order valence-electron chi connectivity index (χ1n) is 7.53. The van der Waals surface area contributed by atoms with Crippen LogP contribution in [-0.4, -0.2) is 24.4 Å². The van der Waals surface area contributed by atoms with Crippen LogP contribution in [0.5, 0.6) is 0 Å². The number of rotatable bonds is 4. The highest BCUT2D eigenvalue weighted by Crippen LogP contribution is 2.42. The lowest BCUT2D eigenvalue weighted by Gasteiger charge is -2.42. The molecule has 0 bridgehead atoms. The Labute approximate surface area is 124 Å². The van der Waals surface area contributed by atoms with Gasteiger partial charge in [-0.05, 0) is 31.9 Å². The van der Waals surface area contributed by atoms with Crippen molar-refractivity contribution < 1.29 is 9.21 Å². The molecule has 2 N–H and O–H groups in total. The molecule has 112 valence electrons. The van der Waals surface area contributed by atoms with Crippen molar-refractivity contribution in [1.29, 1.82) is 0 Å². The van der Waals surface area contributed by atoms with Crippen molar-refractivity contribution in [2.75, 3.05) is 13.6 Å². The normalized spacial score (nSPS) is 18.2. The zero-order chi connectivity index (χ0) is 15.0. The van der Waals surface area contributed by atoms with Crippen LogP contribution in [0.2, 0.25) is 0 Å². The zero-order valence-corrected chi connectivity index (χ0v) is 12.6. The minimum absolute atomic E-state index is 0.0890. The number of nitrogens with two attached hydrogens (primary N) is 1. The lowest BCUT2D eigenvalue weighted by atomic mass is 9.67. The number of furan rings is 1. The third-order valence-electron chi connectivity index (χ3n) is 4.91. The number of hydrogen-bond donors (Lipinski definition) is 1. The van der Waals surface area contributed by atoms with Crippen molar-refractivity contribution in [3.8, 4) is 0 Å². The van der Waals surface area contributed by atoms with Crippen LogP contribution in [0.15, 0.2) is 34.7 Å². The molecule has 1 amide bonds. The predicted molar refractivity (Wildman–Crippen MR) is 82.7 cm³/mol. The van der Waals surface area contributed by atoms with Crippen molar-refractivity contribution in [3.63, 3.8) is 0 Å². The van der Waals surface area contributed by atoms with Crippen molar-refractivity contribution in [2.24, 2.45) is 11.1 Å². The fourth-order valence-corrected chi connectivity index (χ4v) is 3.06. The molecule has 1 unspecified atom stereocenters. The number of carbonyl (C=O) groups excluding carboxylic acids is 1. The van der Waals surface area contributed by atoms with E-state index in [1.807, 2.05) is 44.3 Å². The standard InChI is InChI=1S/C17H22N2O2/c1-12(15-10-13-6-3-4-7-14(13)21-15)19(2)16(20)17(11-18)8-5-9-17/h3-4,6-7,10,12H,5,8-9,11,18H2,1-2H3. The van der Waals surface area contributed by atoms with Gasteiger partial charge in [0, 0.05) is 19.0 Å². The van der Waals surface area contributed by atoms with Gasteiger partial charge >= 0.3 is 0 Å². The second-order valence-corrected chi connectivity index (χ2v) is 6.12. The minimum Gasteiger partial charge on any atom is -0.459 e. The summed E-state index contributed by atoms with van der Waals surface area (Å²) in [5, 5.41) is 1.07. The van der Waals surface area contributed by atoms with Crippen LogP contribution in [0.3, 0.4) is 0 Å². The van der Waals surface area contributed by atoms with Crippen LogP contribution >= 0.6 is 0 Å². The third kappa shape index (κ3) is 2.23. The van der Waals surface area contributed by atoms with Gasteiger partial charge in [-0.3, -0.25) is 4.79 Å². The van der Waals surface area contributed by atoms with E-state index in [9.17, 15) is 4.79 Å². The second kappa shape index (κ2) is 5.19. The van der Waals surface area contributed by atoms with Crippen LogP contribution in [0.4, 0.5) is 0 Å². The van der Waals surface area contributed by atoms with Crippen molar-refractivity contribution in [2.45, 2.75) is 32.2 Å². The lowest BCUT2D eigenvalue weighted by molar-refractivity contribution is -0.147. The van der Waals surface area contributed by atoms with E-state index in [1.54, 1.807) is 4.90 Å². The number of nitrogens with zero attached hydrogens (tertiary/aromatic N) is 1. The van der Waals surface area contributed by atoms with E-state index >= 15 is 0 Å². The Balaban J connectivity index is 1.83. The van der Waals surface area contributed by atoms with E-state index in [2.05, 4.69) is 0 Å². The summed E-state index contributed by atoms with van der Waals surface area (Å²) >= 11 is 0. The first-order valence-corrected chi connectivity index (χ1v) is 7.53. The van der Waals surface area contributed by atoms with Crippen LogP contribution < -0.4 is 5.73 Å². The maximum absolute atomic E-state index is 12.7. The van der Waals surface area contributed by atoms with Crippen LogP contribution in [0.1, 0.15) is 38.0 Å². The van der Waals surface area contributed by atoms with Crippen LogP contribution in [-0.2, 0) is 4.79 Å². The van der Waals surface area contributed by atoms with Gasteiger partial charge in [0.05, 0.1) is 11.5 Å². The maximum atomic E-state index is 12.7. The Morgan fingerprint density at radius 1 is 1.43 bits per heavy atom. The average Bonchev–Trinajstić information content (AvgIpc) is 2.88. The largest absolute Gasteiger partial charge is 0.459 e. The fraction of sp³-hybridized carbons (Fsp3) is 0.471. The first-order chi connectivity index (χ1) is 10.1. The number of hydrogen-bond acceptors (Lipinski definition) is 3. The molecular formula is C17H22N2O2. The molecule has 21 heavy (non-hydrogen) atoms. The Bertz CT molecular complexity index is 619. The fourth-order valence-electron chi connectivity index (χ4n) is 3.06. The Kier molecular flexibility index (Phi) is 3.49. The average molecular weight is 286 g/mol. The van der Waals surface area contributed by atoms with E-state index in [1.165, 1.54) is 0 Å². The Hall–Kier alpha value is -1.81. The van der Waals surface area contributed by atoms with Gasteiger partial charge in [-0.15, -0.1) is 0 Å². The first kappa shape index (κ1) is 14.1. The maximum Gasteiger partial charge on any atom is 0.230 e. The quantitative estimate of drug-likeness (QED) is 0.939. The molecule has 1 heterocycles. The summed E-state index contributed by atoms with van der Waals surface area (Å²) in [5.74, 6) is 0.961. The second-order valence-electron chi connectivity index (χ2n) is 6.12. The van der Waals surface area contributed by atoms with E-state index in [-0.39, 0.29) is 17.4 Å². The molecule has 1 aliphatic carbocycles. The SMILES string of the molecule is CC(c1cc2ccccc2o1)N(C)C(=O)C1(CN)CCC1. The summed E-state index contributed by atoms with van der Waals surface area (Å²) in [5.41, 5.74) is 6.36. The highest BCUT2D eigenvalue weighted by atomic mass is 16.3. The number of benzene rings is 1. The number of carbonyl (C=O) groups is 1. The van der Waals surface area contributed by atoms with Crippen molar-refractivity contribution in [1.82, 2.24) is 4.90 Å². The number of fused-ring (bicyclic) bond motifs is 1. The Morgan fingerprint density at radius 3 is 2.71 bits per heavy atom. The molecule has 1 atom stereocenters. The predicted octanol–water partition coefficient (Wildman–Crippen LogP) is 3.08. The van der Waals surface area contributed by atoms with Crippen molar-refractivity contribution >= 4 is 16.9 Å². The van der Waals surface area contributed by atoms with E-state index in [0.717, 1.165) is 36.0 Å². The van der Waals surface area contributed by atoms with Gasteiger partial charge in [-0.25, -0.2) is 0 Å². The summed E-state index contributed by atoms with van der Waals surface area (Å²) in [6.45, 7) is 2.43. The summed E-state index contributed by atoms with van der Waals surface area (Å²) in [6, 6.07) is 9.82. The summed E-state index contributed by atoms with van der Waals surface area (Å²) in [6.07, 6.45) is 2.90. The molecule has 0 saturated heterocycles. The molecule has 1 aromatic carbocycles. The van der Waals surface area contributed by atoms with Gasteiger partial charge in [0.15, 0.2) is 0 Å². The monoisotopic (exact) mass is 286 g/mol. The van der Waals surface area contributed by atoms with E-state index < -0.39 is 0 Å². The summed E-state index contributed by atoms with van der Waals surface area (Å²) in [4.78, 5) is 14.5. The van der Waals surface area contributed by atoms with E-state index in [4.69, 9.17) is 10.2 Å². The molecule has 0 radical (unpaired) electrons. The summed E-state index contributed by atoms with van der Waals surface area (Å²) in [7, 11) is 1.84. The molecule has 0 aliphatic heterocycles. The topological polar surface area (TPSA) is 59.5 Å². The Morgan fingerprint density at radius 2 is 2.14 bits per heavy atom. The van der Waals surface area contributed by atoms with Crippen molar-refractivity contribution in [3.05, 3.63) is 36.1 Å². The molecule has 0 spiro atoms. The molecule has 2 aromatic rings. The smallest absolute Gasteiger partial charge is 0.230 e. The van der Waals surface area contributed by atoms with Crippen LogP contribution in [0, 0.1) is 5.41 Å². The third-order valence-corrected chi connectivity index (χ3v) is 4.91. The van der Waals surface area contributed by atoms with Gasteiger partial charge < -0.3 is 15.1 Å². The highest BCUT2D eigenvalue weighted by molar-refractivity contribution is 5.84. The molecule has 1 fully saturated rings. The van der Waals surface area contributed by atoms with Gasteiger partial charge in [-0.2, -0.15) is 0 Å². The van der Waals surface area contributed by atoms with Gasteiger partial charge in [0.1, 0.15) is 11.3 Å². The zero-order valence-electron chi connectivity index (χ0n) is 12.6. The minimum atomic E-state index is -0.338. The molecule has 4 heteroatoms. The molecule has 1 aliphatic rings. The van der Waals surface area contributed by atoms with Gasteiger partial charge in [0.25, 0.3) is 0 Å². The molecule has 1 saturated carbocycles.